The van der Waals surface area contributed by atoms with Gasteiger partial charge in [-0.05, 0) is 80.9 Å². The Kier molecular flexibility index (Phi) is 10.7. The molecule has 0 radical (unpaired) electrons. The molecule has 7 rings (SSSR count). The lowest BCUT2D eigenvalue weighted by molar-refractivity contribution is -0.142. The zero-order chi connectivity index (χ0) is 36.6. The van der Waals surface area contributed by atoms with Crippen LogP contribution in [-0.2, 0) is 48.7 Å². The van der Waals surface area contributed by atoms with E-state index in [9.17, 15) is 27.6 Å². The van der Waals surface area contributed by atoms with Gasteiger partial charge in [0.05, 0.1) is 17.8 Å². The molecular weight excluding hydrogens is 683 g/mol. The average Bonchev–Trinajstić information content (AvgIpc) is 4.02. The molecule has 1 saturated heterocycles. The lowest BCUT2D eigenvalue weighted by atomic mass is 9.82. The van der Waals surface area contributed by atoms with Crippen molar-refractivity contribution < 1.29 is 32.3 Å². The lowest BCUT2D eigenvalue weighted by Crippen LogP contribution is -2.59. The molecule has 1 aromatic carbocycles. The summed E-state index contributed by atoms with van der Waals surface area (Å²) in [7, 11) is -3.85. The maximum Gasteiger partial charge on any atom is 0.410 e. The third-order valence-electron chi connectivity index (χ3n) is 12.4. The Bertz CT molecular complexity index is 1670. The molecule has 4 fully saturated rings. The van der Waals surface area contributed by atoms with Crippen molar-refractivity contribution in [1.82, 2.24) is 25.2 Å². The molecule has 4 amide bonds. The number of rotatable bonds is 7. The van der Waals surface area contributed by atoms with Crippen LogP contribution in [0.4, 0.5) is 4.79 Å². The Morgan fingerprint density at radius 3 is 2.42 bits per heavy atom. The number of hydrogen-bond acceptors (Lipinski definition) is 8. The van der Waals surface area contributed by atoms with Gasteiger partial charge in [-0.1, -0.05) is 62.8 Å². The molecule has 0 aromatic heterocycles. The van der Waals surface area contributed by atoms with Crippen LogP contribution in [0.25, 0.3) is 0 Å². The van der Waals surface area contributed by atoms with Crippen LogP contribution in [0.3, 0.4) is 0 Å². The minimum absolute atomic E-state index is 0.0497. The maximum absolute atomic E-state index is 14.8. The fourth-order valence-electron chi connectivity index (χ4n) is 9.03. The molecule has 6 aliphatic rings. The van der Waals surface area contributed by atoms with Crippen molar-refractivity contribution in [2.24, 2.45) is 11.8 Å². The van der Waals surface area contributed by atoms with Gasteiger partial charge < -0.3 is 20.3 Å². The standard InChI is InChI=1S/C39H55N5O7S/c1-3-29-21-39(29,37(47)42-52(49,50)31-18-19-31)41-35(45)33-20-30-23-44(33)36(46)34(27-14-9-6-10-15-27)40-25(2)12-7-4-5-8-13-26-16-11-17-28-22-43(24-32(26)28)38(48)51-30/h3,11,16-17,25,27,29-31,33-34,40H,1,4-10,12-15,18-24H2,2H3,(H,41,45)(H,42,47)/t25?,29-,30-,33+,34+,39-/m1/s1. The van der Waals surface area contributed by atoms with Crippen molar-refractivity contribution in [3.8, 4) is 0 Å². The van der Waals surface area contributed by atoms with E-state index in [2.05, 4.69) is 47.1 Å². The molecule has 52 heavy (non-hydrogen) atoms. The molecule has 13 heteroatoms. The van der Waals surface area contributed by atoms with Crippen LogP contribution in [-0.4, -0.2) is 83.6 Å². The third-order valence-corrected chi connectivity index (χ3v) is 14.2. The van der Waals surface area contributed by atoms with E-state index in [4.69, 9.17) is 4.74 Å². The Morgan fingerprint density at radius 2 is 1.69 bits per heavy atom. The van der Waals surface area contributed by atoms with Crippen LogP contribution >= 0.6 is 0 Å². The summed E-state index contributed by atoms with van der Waals surface area (Å²) in [4.78, 5) is 59.6. The molecule has 1 unspecified atom stereocenters. The molecule has 284 valence electrons. The van der Waals surface area contributed by atoms with E-state index in [0.29, 0.717) is 25.9 Å². The molecule has 6 atom stereocenters. The van der Waals surface area contributed by atoms with E-state index in [1.54, 1.807) is 15.9 Å². The molecule has 1 aromatic rings. The van der Waals surface area contributed by atoms with Crippen LogP contribution in [0.15, 0.2) is 30.9 Å². The number of nitrogens with zero attached hydrogens (tertiary/aromatic N) is 2. The smallest absolute Gasteiger partial charge is 0.410 e. The summed E-state index contributed by atoms with van der Waals surface area (Å²) in [5, 5.41) is 5.95. The predicted molar refractivity (Wildman–Crippen MR) is 195 cm³/mol. The van der Waals surface area contributed by atoms with Crippen LogP contribution < -0.4 is 15.4 Å². The van der Waals surface area contributed by atoms with Crippen LogP contribution in [0.5, 0.6) is 0 Å². The molecule has 3 saturated carbocycles. The van der Waals surface area contributed by atoms with Gasteiger partial charge in [-0.2, -0.15) is 0 Å². The summed E-state index contributed by atoms with van der Waals surface area (Å²) in [5.74, 6) is -1.90. The predicted octanol–water partition coefficient (Wildman–Crippen LogP) is 4.21. The highest BCUT2D eigenvalue weighted by molar-refractivity contribution is 7.91. The monoisotopic (exact) mass is 737 g/mol. The van der Waals surface area contributed by atoms with E-state index in [1.807, 2.05) is 0 Å². The average molecular weight is 738 g/mol. The molecule has 3 heterocycles. The number of hydrogen-bond donors (Lipinski definition) is 3. The topological polar surface area (TPSA) is 154 Å². The Hall–Kier alpha value is -3.45. The summed E-state index contributed by atoms with van der Waals surface area (Å²) in [6.07, 6.45) is 12.9. The van der Waals surface area contributed by atoms with Crippen LogP contribution in [0.2, 0.25) is 0 Å². The number of aryl methyl sites for hydroxylation is 1. The number of nitrogens with one attached hydrogen (secondary N) is 3. The van der Waals surface area contributed by atoms with Gasteiger partial charge in [-0.25, -0.2) is 13.2 Å². The first-order chi connectivity index (χ1) is 25.0. The number of carbonyl (C=O) groups excluding carboxylic acids is 4. The number of carbonyl (C=O) groups is 4. The van der Waals surface area contributed by atoms with Crippen LogP contribution in [0, 0.1) is 11.8 Å². The van der Waals surface area contributed by atoms with Gasteiger partial charge in [0.15, 0.2) is 0 Å². The van der Waals surface area contributed by atoms with Crippen LogP contribution in [0.1, 0.15) is 114 Å². The van der Waals surface area contributed by atoms with E-state index < -0.39 is 62.8 Å². The van der Waals surface area contributed by atoms with Gasteiger partial charge in [-0.3, -0.25) is 24.0 Å². The van der Waals surface area contributed by atoms with Gasteiger partial charge >= 0.3 is 6.09 Å². The first-order valence-electron chi connectivity index (χ1n) is 19.6. The minimum Gasteiger partial charge on any atom is -0.444 e. The number of fused-ring (bicyclic) bond motifs is 3. The lowest BCUT2D eigenvalue weighted by Gasteiger charge is -2.36. The molecule has 0 spiro atoms. The molecule has 4 bridgehead atoms. The summed E-state index contributed by atoms with van der Waals surface area (Å²) < 4.78 is 33.7. The SMILES string of the molecule is C=C[C@@H]1C[C@]1(NC(=O)[C@@H]1C[C@@H]2CN1C(=O)[C@H](C1CCCCC1)NC(C)CCCCCCc1cccc3c1CN(C3)C(=O)O2)C(=O)NS(=O)(=O)C1CC1. The Balaban J connectivity index is 1.15. The number of amides is 4. The summed E-state index contributed by atoms with van der Waals surface area (Å²) in [5.41, 5.74) is 2.09. The van der Waals surface area contributed by atoms with Gasteiger partial charge in [0.1, 0.15) is 17.7 Å². The summed E-state index contributed by atoms with van der Waals surface area (Å²) >= 11 is 0. The van der Waals surface area contributed by atoms with Crippen molar-refractivity contribution in [2.75, 3.05) is 6.54 Å². The van der Waals surface area contributed by atoms with Gasteiger partial charge in [0.2, 0.25) is 21.8 Å². The first kappa shape index (κ1) is 36.9. The number of ether oxygens (including phenoxy) is 1. The fourth-order valence-corrected chi connectivity index (χ4v) is 10.4. The Labute approximate surface area is 307 Å². The van der Waals surface area contributed by atoms with Crippen molar-refractivity contribution >= 4 is 33.8 Å². The highest BCUT2D eigenvalue weighted by Crippen LogP contribution is 2.45. The second-order valence-electron chi connectivity index (χ2n) is 16.2. The fraction of sp³-hybridized carbons (Fsp3) is 0.692. The zero-order valence-electron chi connectivity index (χ0n) is 30.4. The summed E-state index contributed by atoms with van der Waals surface area (Å²) in [6, 6.07) is 4.84. The van der Waals surface area contributed by atoms with Gasteiger partial charge in [0, 0.05) is 31.5 Å². The van der Waals surface area contributed by atoms with Crippen molar-refractivity contribution in [1.29, 1.82) is 0 Å². The van der Waals surface area contributed by atoms with E-state index >= 15 is 0 Å². The van der Waals surface area contributed by atoms with Crippen molar-refractivity contribution in [2.45, 2.75) is 151 Å². The molecule has 3 aliphatic heterocycles. The molecular formula is C39H55N5O7S. The molecule has 3 N–H and O–H groups in total. The quantitative estimate of drug-likeness (QED) is 0.352. The third kappa shape index (κ3) is 7.76. The number of sulfonamides is 1. The zero-order valence-corrected chi connectivity index (χ0v) is 31.3. The first-order valence-corrected chi connectivity index (χ1v) is 21.2. The largest absolute Gasteiger partial charge is 0.444 e. The number of benzene rings is 1. The highest BCUT2D eigenvalue weighted by Gasteiger charge is 2.62. The summed E-state index contributed by atoms with van der Waals surface area (Å²) in [6.45, 7) is 6.89. The highest BCUT2D eigenvalue weighted by atomic mass is 32.2. The van der Waals surface area contributed by atoms with Crippen molar-refractivity contribution in [3.05, 3.63) is 47.5 Å². The van der Waals surface area contributed by atoms with E-state index in [1.165, 1.54) is 11.1 Å². The van der Waals surface area contributed by atoms with E-state index in [-0.39, 0.29) is 37.3 Å². The van der Waals surface area contributed by atoms with E-state index in [0.717, 1.165) is 76.2 Å². The molecule has 3 aliphatic carbocycles. The minimum atomic E-state index is -3.85. The normalized spacial score (nSPS) is 31.9. The van der Waals surface area contributed by atoms with Gasteiger partial charge in [-0.15, -0.1) is 6.58 Å². The Morgan fingerprint density at radius 1 is 0.981 bits per heavy atom. The second-order valence-corrected chi connectivity index (χ2v) is 18.2. The van der Waals surface area contributed by atoms with Crippen molar-refractivity contribution in [3.63, 3.8) is 0 Å². The maximum atomic E-state index is 14.8. The second kappa shape index (κ2) is 15.1. The molecule has 12 nitrogen and oxygen atoms in total. The van der Waals surface area contributed by atoms with Gasteiger partial charge in [0.25, 0.3) is 5.91 Å².